The molecule has 1 N–H and O–H groups in total. The molecule has 0 unspecified atom stereocenters. The van der Waals surface area contributed by atoms with E-state index in [9.17, 15) is 4.79 Å². The van der Waals surface area contributed by atoms with Gasteiger partial charge in [0.1, 0.15) is 5.35 Å². The molecular weight excluding hydrogens is 322 g/mol. The van der Waals surface area contributed by atoms with Crippen LogP contribution in [0.1, 0.15) is 17.4 Å². The number of ether oxygens (including phenoxy) is 1. The topological polar surface area (TPSA) is 59.4 Å². The fraction of sp³-hybridized carbons (Fsp3) is 0.125. The van der Waals surface area contributed by atoms with Crippen LogP contribution in [0.4, 0.5) is 0 Å². The second-order valence-electron chi connectivity index (χ2n) is 4.60. The molecule has 1 aliphatic rings. The molecule has 112 valence electrons. The second kappa shape index (κ2) is 5.94. The Bertz CT molecular complexity index is 898. The number of hydrogen-bond acceptors (Lipinski definition) is 4. The van der Waals surface area contributed by atoms with E-state index in [1.165, 1.54) is 17.4 Å². The summed E-state index contributed by atoms with van der Waals surface area (Å²) >= 11 is 7.50. The fourth-order valence-electron chi connectivity index (χ4n) is 2.36. The Balaban J connectivity index is 2.43. The summed E-state index contributed by atoms with van der Waals surface area (Å²) in [7, 11) is 0. The van der Waals surface area contributed by atoms with Crippen molar-refractivity contribution in [1.82, 2.24) is 4.98 Å². The van der Waals surface area contributed by atoms with Gasteiger partial charge in [0.25, 0.3) is 0 Å². The van der Waals surface area contributed by atoms with E-state index in [1.807, 2.05) is 18.4 Å². The number of fused-ring (bicyclic) bond motifs is 2. The average Bonchev–Trinajstić information content (AvgIpc) is 2.90. The van der Waals surface area contributed by atoms with Gasteiger partial charge in [-0.2, -0.15) is 0 Å². The lowest BCUT2D eigenvalue weighted by Crippen LogP contribution is -2.30. The van der Waals surface area contributed by atoms with Crippen LogP contribution in [0.25, 0.3) is 17.4 Å². The van der Waals surface area contributed by atoms with Crippen molar-refractivity contribution in [3.8, 4) is 0 Å². The van der Waals surface area contributed by atoms with Gasteiger partial charge in [-0.25, -0.2) is 4.79 Å². The zero-order valence-corrected chi connectivity index (χ0v) is 13.2. The number of pyridine rings is 1. The van der Waals surface area contributed by atoms with Crippen molar-refractivity contribution in [3.05, 3.63) is 55.8 Å². The molecule has 0 aromatic carbocycles. The van der Waals surface area contributed by atoms with Crippen LogP contribution in [-0.2, 0) is 9.53 Å². The lowest BCUT2D eigenvalue weighted by atomic mass is 10.1. The van der Waals surface area contributed by atoms with Crippen molar-refractivity contribution in [2.75, 3.05) is 6.61 Å². The van der Waals surface area contributed by atoms with Crippen molar-refractivity contribution in [2.45, 2.75) is 6.92 Å². The highest BCUT2D eigenvalue weighted by molar-refractivity contribution is 7.11. The van der Waals surface area contributed by atoms with E-state index in [-0.39, 0.29) is 0 Å². The summed E-state index contributed by atoms with van der Waals surface area (Å²) in [5.74, 6) is -0.350. The minimum atomic E-state index is -0.998. The third-order valence-electron chi connectivity index (χ3n) is 3.15. The zero-order valence-electron chi connectivity index (χ0n) is 11.7. The molecule has 4 nitrogen and oxygen atoms in total. The summed E-state index contributed by atoms with van der Waals surface area (Å²) in [6.45, 7) is 2.39. The maximum atomic E-state index is 11.1. The van der Waals surface area contributed by atoms with Crippen LogP contribution in [0.2, 0.25) is 5.02 Å². The molecule has 22 heavy (non-hydrogen) atoms. The number of rotatable bonds is 3. The highest BCUT2D eigenvalue weighted by Gasteiger charge is 2.19. The van der Waals surface area contributed by atoms with Gasteiger partial charge >= 0.3 is 5.97 Å². The smallest absolute Gasteiger partial charge is 0.328 e. The summed E-state index contributed by atoms with van der Waals surface area (Å²) in [6, 6.07) is 3.68. The molecular formula is C16H12ClNO3S. The Morgan fingerprint density at radius 2 is 2.36 bits per heavy atom. The Morgan fingerprint density at radius 1 is 1.55 bits per heavy atom. The summed E-state index contributed by atoms with van der Waals surface area (Å²) < 4.78 is 5.79. The first-order valence-electron chi connectivity index (χ1n) is 6.63. The number of hydrogen-bond donors (Lipinski definition) is 1. The number of carboxylic acids is 1. The van der Waals surface area contributed by atoms with Crippen LogP contribution in [0.15, 0.2) is 29.8 Å². The SMILES string of the molecule is CCOC1=c2ncc(Cl)cc2=CC(=CC(=O)O)c2sccc21. The third-order valence-corrected chi connectivity index (χ3v) is 4.32. The largest absolute Gasteiger partial charge is 0.491 e. The molecule has 2 aromatic rings. The Kier molecular flexibility index (Phi) is 4.00. The quantitative estimate of drug-likeness (QED) is 0.875. The monoisotopic (exact) mass is 333 g/mol. The van der Waals surface area contributed by atoms with Crippen LogP contribution >= 0.6 is 22.9 Å². The Hall–Kier alpha value is -2.11. The first kappa shape index (κ1) is 14.8. The van der Waals surface area contributed by atoms with E-state index in [0.717, 1.165) is 15.7 Å². The molecule has 0 saturated carbocycles. The van der Waals surface area contributed by atoms with Gasteiger partial charge < -0.3 is 9.84 Å². The number of carboxylic acid groups (broad SMARTS) is 1. The molecule has 3 rings (SSSR count). The van der Waals surface area contributed by atoms with Crippen LogP contribution in [-0.4, -0.2) is 22.7 Å². The molecule has 0 spiro atoms. The minimum Gasteiger partial charge on any atom is -0.491 e. The standard InChI is InChI=1S/C16H12ClNO3S/c1-2-21-15-12-3-4-22-16(12)10(7-13(19)20)5-9-6-11(17)8-18-14(9)15/h3-8H,2H2,1H3,(H,19,20). The predicted octanol–water partition coefficient (Wildman–Crippen LogP) is 2.25. The van der Waals surface area contributed by atoms with Crippen molar-refractivity contribution < 1.29 is 14.6 Å². The van der Waals surface area contributed by atoms with Gasteiger partial charge in [-0.15, -0.1) is 11.3 Å². The van der Waals surface area contributed by atoms with Gasteiger partial charge in [-0.3, -0.25) is 4.98 Å². The number of allylic oxidation sites excluding steroid dienone is 1. The highest BCUT2D eigenvalue weighted by Crippen LogP contribution is 2.32. The minimum absolute atomic E-state index is 0.491. The molecule has 0 saturated heterocycles. The predicted molar refractivity (Wildman–Crippen MR) is 87.0 cm³/mol. The Morgan fingerprint density at radius 3 is 3.09 bits per heavy atom. The number of carbonyl (C=O) groups is 1. The van der Waals surface area contributed by atoms with Crippen molar-refractivity contribution >= 4 is 46.3 Å². The summed E-state index contributed by atoms with van der Waals surface area (Å²) in [5, 5.41) is 12.9. The average molecular weight is 334 g/mol. The maximum Gasteiger partial charge on any atom is 0.328 e. The molecule has 0 amide bonds. The van der Waals surface area contributed by atoms with Gasteiger partial charge in [0, 0.05) is 33.5 Å². The summed E-state index contributed by atoms with van der Waals surface area (Å²) in [4.78, 5) is 16.3. The highest BCUT2D eigenvalue weighted by atomic mass is 35.5. The third kappa shape index (κ3) is 2.65. The van der Waals surface area contributed by atoms with Gasteiger partial charge in [0.2, 0.25) is 0 Å². The number of nitrogens with zero attached hydrogens (tertiary/aromatic N) is 1. The van der Waals surface area contributed by atoms with Gasteiger partial charge in [-0.1, -0.05) is 11.6 Å². The van der Waals surface area contributed by atoms with Crippen LogP contribution in [0, 0.1) is 0 Å². The molecule has 2 aromatic heterocycles. The van der Waals surface area contributed by atoms with Gasteiger partial charge in [-0.05, 0) is 30.5 Å². The summed E-state index contributed by atoms with van der Waals surface area (Å²) in [5.41, 5.74) is 1.46. The molecule has 0 atom stereocenters. The van der Waals surface area contributed by atoms with Gasteiger partial charge in [0.05, 0.1) is 11.6 Å². The van der Waals surface area contributed by atoms with E-state index in [0.29, 0.717) is 28.3 Å². The van der Waals surface area contributed by atoms with E-state index in [2.05, 4.69) is 4.98 Å². The van der Waals surface area contributed by atoms with Gasteiger partial charge in [0.15, 0.2) is 5.76 Å². The van der Waals surface area contributed by atoms with E-state index in [4.69, 9.17) is 21.4 Å². The van der Waals surface area contributed by atoms with Crippen molar-refractivity contribution in [1.29, 1.82) is 0 Å². The second-order valence-corrected chi connectivity index (χ2v) is 5.95. The maximum absolute atomic E-state index is 11.1. The molecule has 1 aliphatic carbocycles. The lowest BCUT2D eigenvalue weighted by Gasteiger charge is -2.08. The van der Waals surface area contributed by atoms with Crippen molar-refractivity contribution in [2.24, 2.45) is 0 Å². The number of aromatic nitrogens is 1. The Labute approximate surface area is 135 Å². The van der Waals surface area contributed by atoms with E-state index in [1.54, 1.807) is 18.3 Å². The van der Waals surface area contributed by atoms with Crippen LogP contribution in [0.3, 0.4) is 0 Å². The first-order chi connectivity index (χ1) is 10.6. The van der Waals surface area contributed by atoms with Crippen molar-refractivity contribution in [3.63, 3.8) is 0 Å². The fourth-order valence-corrected chi connectivity index (χ4v) is 3.41. The van der Waals surface area contributed by atoms with E-state index >= 15 is 0 Å². The molecule has 2 heterocycles. The lowest BCUT2D eigenvalue weighted by molar-refractivity contribution is -0.131. The molecule has 0 aliphatic heterocycles. The number of thiophene rings is 1. The molecule has 6 heteroatoms. The van der Waals surface area contributed by atoms with Crippen LogP contribution in [0.5, 0.6) is 0 Å². The normalized spacial score (nSPS) is 14.8. The first-order valence-corrected chi connectivity index (χ1v) is 7.89. The zero-order chi connectivity index (χ0) is 15.7. The van der Waals surface area contributed by atoms with Crippen LogP contribution < -0.4 is 10.6 Å². The molecule has 0 bridgehead atoms. The van der Waals surface area contributed by atoms with E-state index < -0.39 is 5.97 Å². The summed E-state index contributed by atoms with van der Waals surface area (Å²) in [6.07, 6.45) is 4.53. The molecule has 0 radical (unpaired) electrons. The number of aliphatic carboxylic acids is 1. The molecule has 0 fully saturated rings. The number of halogens is 1.